The van der Waals surface area contributed by atoms with Crippen LogP contribution in [0.15, 0.2) is 36.3 Å². The van der Waals surface area contributed by atoms with E-state index in [-0.39, 0.29) is 17.0 Å². The van der Waals surface area contributed by atoms with Crippen molar-refractivity contribution in [3.8, 4) is 5.75 Å². The van der Waals surface area contributed by atoms with Crippen LogP contribution in [-0.4, -0.2) is 26.0 Å². The van der Waals surface area contributed by atoms with Crippen LogP contribution in [0.4, 0.5) is 0 Å². The number of aryl methyl sites for hydroxylation is 1. The molecule has 1 aliphatic rings. The Kier molecular flexibility index (Phi) is 5.67. The van der Waals surface area contributed by atoms with Crippen molar-refractivity contribution in [3.63, 3.8) is 0 Å². The van der Waals surface area contributed by atoms with E-state index in [0.717, 1.165) is 17.5 Å². The van der Waals surface area contributed by atoms with E-state index in [1.54, 1.807) is 6.07 Å². The molecule has 0 amide bonds. The van der Waals surface area contributed by atoms with E-state index in [0.29, 0.717) is 17.7 Å². The largest absolute Gasteiger partial charge is 0.500 e. The van der Waals surface area contributed by atoms with E-state index in [1.807, 2.05) is 25.1 Å². The zero-order chi connectivity index (χ0) is 18.6. The highest BCUT2D eigenvalue weighted by Gasteiger charge is 2.27. The van der Waals surface area contributed by atoms with Gasteiger partial charge in [0.2, 0.25) is 5.76 Å². The Bertz CT molecular complexity index is 740. The Labute approximate surface area is 148 Å². The van der Waals surface area contributed by atoms with Crippen LogP contribution in [0.5, 0.6) is 5.75 Å². The van der Waals surface area contributed by atoms with E-state index >= 15 is 0 Å². The lowest BCUT2D eigenvalue weighted by atomic mass is 9.77. The van der Waals surface area contributed by atoms with Gasteiger partial charge in [0.25, 0.3) is 0 Å². The zero-order valence-electron chi connectivity index (χ0n) is 15.3. The van der Waals surface area contributed by atoms with Gasteiger partial charge in [0.05, 0.1) is 14.2 Å². The maximum Gasteiger partial charge on any atom is 0.377 e. The minimum absolute atomic E-state index is 0.0255. The Balaban J connectivity index is 2.41. The third-order valence-electron chi connectivity index (χ3n) is 4.16. The number of carbonyl (C=O) groups is 2. The van der Waals surface area contributed by atoms with Crippen molar-refractivity contribution < 1.29 is 23.8 Å². The number of ketones is 1. The predicted molar refractivity (Wildman–Crippen MR) is 94.9 cm³/mol. The van der Waals surface area contributed by atoms with Gasteiger partial charge in [-0.2, -0.15) is 0 Å². The van der Waals surface area contributed by atoms with Gasteiger partial charge < -0.3 is 14.2 Å². The molecule has 5 heteroatoms. The monoisotopic (exact) mass is 344 g/mol. The molecule has 1 aliphatic carbocycles. The number of benzene rings is 1. The first-order valence-electron chi connectivity index (χ1n) is 8.13. The summed E-state index contributed by atoms with van der Waals surface area (Å²) in [5.41, 5.74) is 2.27. The maximum absolute atomic E-state index is 12.3. The number of rotatable bonds is 5. The molecule has 0 fully saturated rings. The second-order valence-electron chi connectivity index (χ2n) is 6.76. The number of hydrogen-bond acceptors (Lipinski definition) is 5. The average Bonchev–Trinajstić information content (AvgIpc) is 2.57. The topological polar surface area (TPSA) is 61.8 Å². The number of esters is 1. The van der Waals surface area contributed by atoms with E-state index in [9.17, 15) is 9.59 Å². The summed E-state index contributed by atoms with van der Waals surface area (Å²) in [6, 6.07) is 5.53. The van der Waals surface area contributed by atoms with Gasteiger partial charge >= 0.3 is 5.97 Å². The Morgan fingerprint density at radius 3 is 2.60 bits per heavy atom. The number of allylic oxidation sites excluding steroid dienone is 2. The lowest BCUT2D eigenvalue weighted by Gasteiger charge is -2.27. The van der Waals surface area contributed by atoms with Crippen LogP contribution in [0.1, 0.15) is 37.8 Å². The Morgan fingerprint density at radius 2 is 1.96 bits per heavy atom. The van der Waals surface area contributed by atoms with Gasteiger partial charge in [-0.1, -0.05) is 32.1 Å². The van der Waals surface area contributed by atoms with Crippen molar-refractivity contribution in [2.75, 3.05) is 14.2 Å². The van der Waals surface area contributed by atoms with Crippen molar-refractivity contribution in [2.24, 2.45) is 5.41 Å². The molecule has 134 valence electrons. The Morgan fingerprint density at radius 1 is 1.24 bits per heavy atom. The summed E-state index contributed by atoms with van der Waals surface area (Å²) >= 11 is 0. The second kappa shape index (κ2) is 7.55. The normalized spacial score (nSPS) is 16.9. The van der Waals surface area contributed by atoms with Crippen molar-refractivity contribution in [1.29, 1.82) is 0 Å². The molecule has 0 bridgehead atoms. The lowest BCUT2D eigenvalue weighted by Crippen LogP contribution is -2.19. The average molecular weight is 344 g/mol. The van der Waals surface area contributed by atoms with Crippen molar-refractivity contribution in [3.05, 3.63) is 47.4 Å². The molecular weight excluding hydrogens is 320 g/mol. The van der Waals surface area contributed by atoms with Crippen LogP contribution in [0.3, 0.4) is 0 Å². The SMILES string of the molecule is CO/C=C(\Oc1cc(C2=CC(C)(C)CCC2=O)ccc1C)C(=O)OC. The first-order valence-corrected chi connectivity index (χ1v) is 8.13. The van der Waals surface area contributed by atoms with Crippen LogP contribution in [0.2, 0.25) is 0 Å². The van der Waals surface area contributed by atoms with Gasteiger partial charge in [0.15, 0.2) is 5.78 Å². The quantitative estimate of drug-likeness (QED) is 0.462. The standard InChI is InChI=1S/C20H24O5/c1-13-6-7-14(15-11-20(2,3)9-8-16(15)21)10-17(13)25-18(12-23-4)19(22)24-5/h6-7,10-12H,8-9H2,1-5H3/b18-12-. The molecule has 2 rings (SSSR count). The molecule has 0 aromatic heterocycles. The van der Waals surface area contributed by atoms with E-state index in [2.05, 4.69) is 13.8 Å². The van der Waals surface area contributed by atoms with Gasteiger partial charge in [-0.05, 0) is 36.0 Å². The lowest BCUT2D eigenvalue weighted by molar-refractivity contribution is -0.138. The van der Waals surface area contributed by atoms with Crippen LogP contribution in [-0.2, 0) is 19.1 Å². The third kappa shape index (κ3) is 4.50. The van der Waals surface area contributed by atoms with E-state index in [1.165, 1.54) is 20.5 Å². The van der Waals surface area contributed by atoms with Crippen molar-refractivity contribution >= 4 is 17.3 Å². The fraction of sp³-hybridized carbons (Fsp3) is 0.400. The fourth-order valence-electron chi connectivity index (χ4n) is 2.68. The molecule has 1 aromatic carbocycles. The highest BCUT2D eigenvalue weighted by Crippen LogP contribution is 2.36. The molecule has 0 saturated carbocycles. The smallest absolute Gasteiger partial charge is 0.377 e. The van der Waals surface area contributed by atoms with E-state index < -0.39 is 5.97 Å². The van der Waals surface area contributed by atoms with E-state index in [4.69, 9.17) is 14.2 Å². The molecule has 0 heterocycles. The van der Waals surface area contributed by atoms with Crippen LogP contribution < -0.4 is 4.74 Å². The molecule has 25 heavy (non-hydrogen) atoms. The van der Waals surface area contributed by atoms with Gasteiger partial charge in [-0.15, -0.1) is 0 Å². The number of Topliss-reactive ketones (excluding diaryl/α,β-unsaturated/α-hetero) is 1. The first-order chi connectivity index (χ1) is 11.8. The molecule has 0 saturated heterocycles. The molecule has 0 aliphatic heterocycles. The summed E-state index contributed by atoms with van der Waals surface area (Å²) in [7, 11) is 2.69. The van der Waals surface area contributed by atoms with Crippen molar-refractivity contribution in [2.45, 2.75) is 33.6 Å². The first kappa shape index (κ1) is 18.8. The highest BCUT2D eigenvalue weighted by molar-refractivity contribution is 6.21. The summed E-state index contributed by atoms with van der Waals surface area (Å²) in [5, 5.41) is 0. The minimum atomic E-state index is -0.638. The highest BCUT2D eigenvalue weighted by atomic mass is 16.6. The Hall–Kier alpha value is -2.56. The van der Waals surface area contributed by atoms with Crippen LogP contribution >= 0.6 is 0 Å². The van der Waals surface area contributed by atoms with Crippen molar-refractivity contribution in [1.82, 2.24) is 0 Å². The summed E-state index contributed by atoms with van der Waals surface area (Å²) in [6.07, 6.45) is 4.57. The molecule has 0 unspecified atom stereocenters. The van der Waals surface area contributed by atoms with Crippen LogP contribution in [0, 0.1) is 12.3 Å². The van der Waals surface area contributed by atoms with Crippen LogP contribution in [0.25, 0.3) is 5.57 Å². The fourth-order valence-corrected chi connectivity index (χ4v) is 2.68. The number of ether oxygens (including phenoxy) is 3. The molecule has 1 aromatic rings. The second-order valence-corrected chi connectivity index (χ2v) is 6.76. The molecule has 0 radical (unpaired) electrons. The van der Waals surface area contributed by atoms with Gasteiger partial charge in [-0.3, -0.25) is 4.79 Å². The minimum Gasteiger partial charge on any atom is -0.500 e. The number of hydrogen-bond donors (Lipinski definition) is 0. The molecular formula is C20H24O5. The molecule has 0 atom stereocenters. The summed E-state index contributed by atoms with van der Waals surface area (Å²) in [5.74, 6) is -0.103. The summed E-state index contributed by atoms with van der Waals surface area (Å²) in [4.78, 5) is 24.1. The summed E-state index contributed by atoms with van der Waals surface area (Å²) in [6.45, 7) is 6.09. The maximum atomic E-state index is 12.3. The number of carbonyl (C=O) groups excluding carboxylic acids is 2. The zero-order valence-corrected chi connectivity index (χ0v) is 15.3. The van der Waals surface area contributed by atoms with Gasteiger partial charge in [-0.25, -0.2) is 4.79 Å². The van der Waals surface area contributed by atoms with Gasteiger partial charge in [0.1, 0.15) is 12.0 Å². The molecule has 0 spiro atoms. The predicted octanol–water partition coefficient (Wildman–Crippen LogP) is 3.81. The molecule has 0 N–H and O–H groups in total. The number of methoxy groups -OCH3 is 2. The summed E-state index contributed by atoms with van der Waals surface area (Å²) < 4.78 is 15.2. The molecule has 5 nitrogen and oxygen atoms in total. The third-order valence-corrected chi connectivity index (χ3v) is 4.16. The van der Waals surface area contributed by atoms with Gasteiger partial charge in [0, 0.05) is 12.0 Å².